The molecule has 264 valence electrons. The third-order valence-electron chi connectivity index (χ3n) is 9.20. The first kappa shape index (κ1) is 38.9. The number of hydrogen-bond acceptors (Lipinski definition) is 12. The maximum absolute atomic E-state index is 11.3. The standard InChI is InChI=1S/C34H61N5O7/c1-6-26-28(40)27(38)29(41)34(44-26)46-32-25(37)17-24(36)31(30(32)42)45-33-23(35)14-13-22(43-33)18-39-16-15-21(5)12-8-11-20(4)10-7-9-19(2)3/h9,11,15-16,22-34,40-42H,6-8,10,12-14,17-18,35-38H2,1-5H3/b20-11+,21-15+,39-16?. The lowest BCUT2D eigenvalue weighted by molar-refractivity contribution is -0.310. The summed E-state index contributed by atoms with van der Waals surface area (Å²) in [6, 6.07) is -2.65. The van der Waals surface area contributed by atoms with Crippen LogP contribution in [-0.2, 0) is 18.9 Å². The van der Waals surface area contributed by atoms with Gasteiger partial charge in [0.25, 0.3) is 0 Å². The Morgan fingerprint density at radius 2 is 1.41 bits per heavy atom. The van der Waals surface area contributed by atoms with E-state index in [2.05, 4.69) is 44.8 Å². The van der Waals surface area contributed by atoms with Gasteiger partial charge in [-0.3, -0.25) is 4.99 Å². The topological polar surface area (TPSA) is 214 Å². The first-order valence-corrected chi connectivity index (χ1v) is 16.9. The van der Waals surface area contributed by atoms with Gasteiger partial charge in [-0.2, -0.15) is 0 Å². The van der Waals surface area contributed by atoms with E-state index >= 15 is 0 Å². The first-order chi connectivity index (χ1) is 21.8. The largest absolute Gasteiger partial charge is 0.389 e. The van der Waals surface area contributed by atoms with Gasteiger partial charge in [-0.1, -0.05) is 35.8 Å². The van der Waals surface area contributed by atoms with Crippen LogP contribution in [0.4, 0.5) is 0 Å². The lowest BCUT2D eigenvalue weighted by Gasteiger charge is -2.47. The summed E-state index contributed by atoms with van der Waals surface area (Å²) in [5.74, 6) is 0. The van der Waals surface area contributed by atoms with Gasteiger partial charge in [0.15, 0.2) is 12.6 Å². The van der Waals surface area contributed by atoms with Gasteiger partial charge in [-0.05, 0) is 85.1 Å². The summed E-state index contributed by atoms with van der Waals surface area (Å²) in [4.78, 5) is 4.57. The smallest absolute Gasteiger partial charge is 0.186 e. The molecule has 0 amide bonds. The number of aliphatic imine (C=N–C) groups is 1. The Balaban J connectivity index is 1.52. The number of rotatable bonds is 14. The molecule has 3 aliphatic rings. The average molecular weight is 652 g/mol. The average Bonchev–Trinajstić information content (AvgIpc) is 3.00. The molecule has 0 aromatic carbocycles. The predicted molar refractivity (Wildman–Crippen MR) is 180 cm³/mol. The van der Waals surface area contributed by atoms with Crippen LogP contribution in [0.25, 0.3) is 0 Å². The molecule has 12 nitrogen and oxygen atoms in total. The third kappa shape index (κ3) is 11.3. The van der Waals surface area contributed by atoms with Gasteiger partial charge in [-0.25, -0.2) is 0 Å². The summed E-state index contributed by atoms with van der Waals surface area (Å²) in [5, 5.41) is 32.2. The summed E-state index contributed by atoms with van der Waals surface area (Å²) < 4.78 is 24.2. The fourth-order valence-corrected chi connectivity index (χ4v) is 6.18. The van der Waals surface area contributed by atoms with Crippen LogP contribution in [0, 0.1) is 0 Å². The number of allylic oxidation sites excluding steroid dienone is 6. The number of hydrogen-bond donors (Lipinski definition) is 7. The van der Waals surface area contributed by atoms with Gasteiger partial charge >= 0.3 is 0 Å². The van der Waals surface area contributed by atoms with E-state index in [0.717, 1.165) is 32.1 Å². The first-order valence-electron chi connectivity index (χ1n) is 16.9. The van der Waals surface area contributed by atoms with Crippen molar-refractivity contribution in [3.63, 3.8) is 0 Å². The minimum absolute atomic E-state index is 0.197. The van der Waals surface area contributed by atoms with E-state index in [9.17, 15) is 15.3 Å². The van der Waals surface area contributed by atoms with Crippen molar-refractivity contribution >= 4 is 6.21 Å². The maximum atomic E-state index is 11.3. The van der Waals surface area contributed by atoms with Crippen LogP contribution in [0.5, 0.6) is 0 Å². The predicted octanol–water partition coefficient (Wildman–Crippen LogP) is 1.68. The number of aliphatic hydroxyl groups is 3. The highest BCUT2D eigenvalue weighted by Gasteiger charge is 2.49. The molecule has 1 aliphatic carbocycles. The SMILES string of the molecule is CCC1OC(OC2C(N)CC(N)C(OC3OC(CN=C/C=C(\C)CC/C=C(\C)CCC=C(C)C)CCC3N)C2O)C(O)C(N)C1O. The molecule has 12 heteroatoms. The molecule has 11 N–H and O–H groups in total. The zero-order valence-electron chi connectivity index (χ0n) is 28.4. The number of nitrogens with two attached hydrogens (primary N) is 4. The Morgan fingerprint density at radius 3 is 2.07 bits per heavy atom. The molecule has 46 heavy (non-hydrogen) atoms. The monoisotopic (exact) mass is 651 g/mol. The molecule has 0 aromatic rings. The van der Waals surface area contributed by atoms with Crippen LogP contribution in [0.2, 0.25) is 0 Å². The molecule has 2 heterocycles. The van der Waals surface area contributed by atoms with Crippen LogP contribution in [0.1, 0.15) is 86.0 Å². The molecule has 0 radical (unpaired) electrons. The van der Waals surface area contributed by atoms with Gasteiger partial charge < -0.3 is 57.2 Å². The second-order valence-electron chi connectivity index (χ2n) is 13.6. The maximum Gasteiger partial charge on any atom is 0.186 e. The summed E-state index contributed by atoms with van der Waals surface area (Å²) in [5.41, 5.74) is 29.1. The molecule has 1 saturated carbocycles. The van der Waals surface area contributed by atoms with Crippen molar-refractivity contribution in [2.75, 3.05) is 6.54 Å². The molecule has 0 aromatic heterocycles. The van der Waals surface area contributed by atoms with E-state index in [1.165, 1.54) is 16.7 Å². The molecule has 3 fully saturated rings. The van der Waals surface area contributed by atoms with Crippen molar-refractivity contribution in [2.24, 2.45) is 27.9 Å². The van der Waals surface area contributed by atoms with Gasteiger partial charge in [0, 0.05) is 18.3 Å². The molecule has 0 bridgehead atoms. The Bertz CT molecular complexity index is 1050. The van der Waals surface area contributed by atoms with Gasteiger partial charge in [0.2, 0.25) is 0 Å². The highest BCUT2D eigenvalue weighted by atomic mass is 16.7. The summed E-state index contributed by atoms with van der Waals surface area (Å²) in [6.07, 6.45) is 6.50. The van der Waals surface area contributed by atoms with E-state index in [1.807, 2.05) is 19.2 Å². The van der Waals surface area contributed by atoms with E-state index < -0.39 is 73.4 Å². The van der Waals surface area contributed by atoms with Crippen molar-refractivity contribution in [1.82, 2.24) is 0 Å². The molecule has 3 rings (SSSR count). The number of nitrogens with zero attached hydrogens (tertiary/aromatic N) is 1. The quantitative estimate of drug-likeness (QED) is 0.106. The highest BCUT2D eigenvalue weighted by Crippen LogP contribution is 2.31. The molecule has 13 atom stereocenters. The van der Waals surface area contributed by atoms with Crippen LogP contribution >= 0.6 is 0 Å². The zero-order valence-corrected chi connectivity index (χ0v) is 28.4. The molecule has 2 aliphatic heterocycles. The van der Waals surface area contributed by atoms with Crippen LogP contribution in [0.15, 0.2) is 39.9 Å². The van der Waals surface area contributed by atoms with Gasteiger partial charge in [0.1, 0.15) is 24.4 Å². The van der Waals surface area contributed by atoms with Crippen LogP contribution in [-0.4, -0.2) is 108 Å². The normalized spacial score (nSPS) is 39.5. The molecular weight excluding hydrogens is 590 g/mol. The Hall–Kier alpha value is -1.55. The van der Waals surface area contributed by atoms with Gasteiger partial charge in [-0.15, -0.1) is 0 Å². The highest BCUT2D eigenvalue weighted by molar-refractivity contribution is 5.72. The number of aliphatic hydroxyl groups excluding tert-OH is 3. The summed E-state index contributed by atoms with van der Waals surface area (Å²) in [7, 11) is 0. The van der Waals surface area contributed by atoms with Gasteiger partial charge in [0.05, 0.1) is 36.9 Å². The van der Waals surface area contributed by atoms with Crippen LogP contribution in [0.3, 0.4) is 0 Å². The lowest BCUT2D eigenvalue weighted by Crippen LogP contribution is -2.67. The van der Waals surface area contributed by atoms with Crippen molar-refractivity contribution in [2.45, 2.75) is 165 Å². The lowest BCUT2D eigenvalue weighted by atomic mass is 9.84. The van der Waals surface area contributed by atoms with E-state index in [0.29, 0.717) is 19.4 Å². The molecular formula is C34H61N5O7. The Kier molecular flexibility index (Phi) is 15.9. The fourth-order valence-electron chi connectivity index (χ4n) is 6.18. The number of ether oxygens (including phenoxy) is 4. The van der Waals surface area contributed by atoms with E-state index in [-0.39, 0.29) is 12.5 Å². The van der Waals surface area contributed by atoms with E-state index in [1.54, 1.807) is 0 Å². The Labute approximate surface area is 275 Å². The summed E-state index contributed by atoms with van der Waals surface area (Å²) >= 11 is 0. The molecule has 13 unspecified atom stereocenters. The fraction of sp³-hybridized carbons (Fsp3) is 0.794. The van der Waals surface area contributed by atoms with Crippen molar-refractivity contribution < 1.29 is 34.3 Å². The third-order valence-corrected chi connectivity index (χ3v) is 9.20. The second-order valence-corrected chi connectivity index (χ2v) is 13.6. The van der Waals surface area contributed by atoms with Crippen molar-refractivity contribution in [3.8, 4) is 0 Å². The van der Waals surface area contributed by atoms with Crippen LogP contribution < -0.4 is 22.9 Å². The van der Waals surface area contributed by atoms with E-state index in [4.69, 9.17) is 41.9 Å². The minimum Gasteiger partial charge on any atom is -0.389 e. The molecule has 0 spiro atoms. The molecule has 2 saturated heterocycles. The van der Waals surface area contributed by atoms with Crippen molar-refractivity contribution in [1.29, 1.82) is 0 Å². The second kappa shape index (κ2) is 18.8. The van der Waals surface area contributed by atoms with Crippen molar-refractivity contribution in [3.05, 3.63) is 34.9 Å². The Morgan fingerprint density at radius 1 is 0.783 bits per heavy atom. The zero-order chi connectivity index (χ0) is 34.0. The minimum atomic E-state index is -1.31. The summed E-state index contributed by atoms with van der Waals surface area (Å²) in [6.45, 7) is 10.9.